The molecular formula is C26H34O4. The predicted molar refractivity (Wildman–Crippen MR) is 118 cm³/mol. The lowest BCUT2D eigenvalue weighted by Gasteiger charge is -2.28. The van der Waals surface area contributed by atoms with E-state index in [0.29, 0.717) is 23.3 Å². The van der Waals surface area contributed by atoms with Crippen LogP contribution in [0.4, 0.5) is 0 Å². The average molecular weight is 411 g/mol. The van der Waals surface area contributed by atoms with Gasteiger partial charge in [0.15, 0.2) is 0 Å². The molecule has 1 aromatic carbocycles. The van der Waals surface area contributed by atoms with Crippen LogP contribution in [0, 0.1) is 29.6 Å². The number of benzene rings is 1. The molecule has 0 radical (unpaired) electrons. The van der Waals surface area contributed by atoms with Gasteiger partial charge in [-0.1, -0.05) is 55.7 Å². The van der Waals surface area contributed by atoms with E-state index in [1.165, 1.54) is 18.4 Å². The van der Waals surface area contributed by atoms with Crippen LogP contribution in [0.5, 0.6) is 0 Å². The molecule has 3 aliphatic rings. The van der Waals surface area contributed by atoms with Crippen LogP contribution in [0.15, 0.2) is 42.0 Å². The van der Waals surface area contributed by atoms with E-state index in [2.05, 4.69) is 19.1 Å². The zero-order valence-corrected chi connectivity index (χ0v) is 17.8. The fraction of sp³-hybridized carbons (Fsp3) is 0.577. The lowest BCUT2D eigenvalue weighted by molar-refractivity contribution is 0.0696. The first kappa shape index (κ1) is 21.3. The van der Waals surface area contributed by atoms with E-state index in [0.717, 1.165) is 43.6 Å². The Hall–Kier alpha value is -1.91. The molecule has 5 atom stereocenters. The van der Waals surface area contributed by atoms with E-state index in [9.17, 15) is 20.1 Å². The van der Waals surface area contributed by atoms with Crippen molar-refractivity contribution >= 4 is 12.0 Å². The smallest absolute Gasteiger partial charge is 0.335 e. The molecule has 0 spiro atoms. The van der Waals surface area contributed by atoms with Crippen LogP contribution >= 0.6 is 0 Å². The Balaban J connectivity index is 1.43. The van der Waals surface area contributed by atoms with Gasteiger partial charge in [-0.15, -0.1) is 0 Å². The number of aliphatic hydroxyl groups is 2. The van der Waals surface area contributed by atoms with E-state index in [1.54, 1.807) is 18.2 Å². The zero-order chi connectivity index (χ0) is 21.3. The summed E-state index contributed by atoms with van der Waals surface area (Å²) in [6.45, 7) is 2.29. The summed E-state index contributed by atoms with van der Waals surface area (Å²) in [6.07, 6.45) is 12.7. The second-order valence-electron chi connectivity index (χ2n) is 9.73. The summed E-state index contributed by atoms with van der Waals surface area (Å²) in [7, 11) is 0. The van der Waals surface area contributed by atoms with Gasteiger partial charge < -0.3 is 15.3 Å². The van der Waals surface area contributed by atoms with Crippen molar-refractivity contribution in [2.45, 2.75) is 64.1 Å². The van der Waals surface area contributed by atoms with Crippen LogP contribution in [0.2, 0.25) is 0 Å². The highest BCUT2D eigenvalue weighted by molar-refractivity contribution is 5.88. The maximum Gasteiger partial charge on any atom is 0.335 e. The lowest BCUT2D eigenvalue weighted by atomic mass is 9.79. The number of carboxylic acid groups (broad SMARTS) is 1. The van der Waals surface area contributed by atoms with Gasteiger partial charge in [0, 0.05) is 5.92 Å². The highest BCUT2D eigenvalue weighted by Gasteiger charge is 2.45. The lowest BCUT2D eigenvalue weighted by Crippen LogP contribution is -2.24. The molecule has 3 N–H and O–H groups in total. The largest absolute Gasteiger partial charge is 0.478 e. The molecular weight excluding hydrogens is 376 g/mol. The van der Waals surface area contributed by atoms with Crippen molar-refractivity contribution in [3.63, 3.8) is 0 Å². The van der Waals surface area contributed by atoms with Crippen LogP contribution in [0.25, 0.3) is 6.08 Å². The molecule has 162 valence electrons. The molecule has 0 heterocycles. The number of carboxylic acids is 1. The number of hydrogen-bond acceptors (Lipinski definition) is 3. The molecule has 4 nitrogen and oxygen atoms in total. The van der Waals surface area contributed by atoms with Crippen molar-refractivity contribution in [2.75, 3.05) is 0 Å². The maximum absolute atomic E-state index is 11.2. The molecule has 3 aliphatic carbocycles. The van der Waals surface area contributed by atoms with Gasteiger partial charge in [-0.2, -0.15) is 0 Å². The SMILES string of the molecule is CC1CCC([C@H](O)/C=C/[C@@H]2[C@@H]3CCC(=Cc4cccc(C(=O)O)c4)[C@@H]3C[C@H]2O)CC1. The van der Waals surface area contributed by atoms with Gasteiger partial charge in [-0.25, -0.2) is 4.79 Å². The second-order valence-corrected chi connectivity index (χ2v) is 9.73. The normalized spacial score (nSPS) is 36.3. The monoisotopic (exact) mass is 410 g/mol. The van der Waals surface area contributed by atoms with Crippen LogP contribution in [0.3, 0.4) is 0 Å². The molecule has 0 amide bonds. The summed E-state index contributed by atoms with van der Waals surface area (Å²) in [5.41, 5.74) is 2.54. The molecule has 3 saturated carbocycles. The van der Waals surface area contributed by atoms with E-state index in [-0.39, 0.29) is 12.0 Å². The van der Waals surface area contributed by atoms with Gasteiger partial charge in [0.25, 0.3) is 0 Å². The molecule has 4 heteroatoms. The zero-order valence-electron chi connectivity index (χ0n) is 17.8. The minimum Gasteiger partial charge on any atom is -0.478 e. The molecule has 0 bridgehead atoms. The van der Waals surface area contributed by atoms with Crippen molar-refractivity contribution in [2.24, 2.45) is 29.6 Å². The summed E-state index contributed by atoms with van der Waals surface area (Å²) >= 11 is 0. The van der Waals surface area contributed by atoms with E-state index >= 15 is 0 Å². The summed E-state index contributed by atoms with van der Waals surface area (Å²) in [5, 5.41) is 30.6. The van der Waals surface area contributed by atoms with Crippen molar-refractivity contribution in [1.82, 2.24) is 0 Å². The Kier molecular flexibility index (Phi) is 6.45. The van der Waals surface area contributed by atoms with Gasteiger partial charge in [-0.3, -0.25) is 0 Å². The van der Waals surface area contributed by atoms with E-state index in [4.69, 9.17) is 0 Å². The Bertz CT molecular complexity index is 818. The molecule has 30 heavy (non-hydrogen) atoms. The Morgan fingerprint density at radius 1 is 1.17 bits per heavy atom. The summed E-state index contributed by atoms with van der Waals surface area (Å²) in [5.74, 6) is 1.07. The first-order chi connectivity index (χ1) is 14.4. The number of aliphatic hydroxyl groups excluding tert-OH is 2. The maximum atomic E-state index is 11.2. The summed E-state index contributed by atoms with van der Waals surface area (Å²) in [4.78, 5) is 11.2. The van der Waals surface area contributed by atoms with Gasteiger partial charge in [-0.05, 0) is 73.5 Å². The van der Waals surface area contributed by atoms with Gasteiger partial charge in [0.05, 0.1) is 17.8 Å². The Labute approximate surface area is 179 Å². The van der Waals surface area contributed by atoms with Crippen molar-refractivity contribution in [3.8, 4) is 0 Å². The quantitative estimate of drug-likeness (QED) is 0.602. The van der Waals surface area contributed by atoms with Crippen LogP contribution < -0.4 is 0 Å². The third-order valence-electron chi connectivity index (χ3n) is 7.75. The van der Waals surface area contributed by atoms with E-state index in [1.807, 2.05) is 12.1 Å². The molecule has 0 aromatic heterocycles. The van der Waals surface area contributed by atoms with Gasteiger partial charge in [0.1, 0.15) is 0 Å². The van der Waals surface area contributed by atoms with Crippen molar-refractivity contribution in [1.29, 1.82) is 0 Å². The fourth-order valence-electron chi connectivity index (χ4n) is 5.94. The van der Waals surface area contributed by atoms with Crippen molar-refractivity contribution < 1.29 is 20.1 Å². The highest BCUT2D eigenvalue weighted by atomic mass is 16.4. The molecule has 4 rings (SSSR count). The minimum absolute atomic E-state index is 0.100. The molecule has 1 aromatic rings. The Morgan fingerprint density at radius 3 is 2.67 bits per heavy atom. The molecule has 0 aliphatic heterocycles. The minimum atomic E-state index is -0.910. The third-order valence-corrected chi connectivity index (χ3v) is 7.75. The number of allylic oxidation sites excluding steroid dienone is 1. The number of aromatic carboxylic acids is 1. The molecule has 3 fully saturated rings. The van der Waals surface area contributed by atoms with Crippen molar-refractivity contribution in [3.05, 3.63) is 53.1 Å². The number of fused-ring (bicyclic) bond motifs is 1. The highest BCUT2D eigenvalue weighted by Crippen LogP contribution is 2.51. The Morgan fingerprint density at radius 2 is 1.93 bits per heavy atom. The van der Waals surface area contributed by atoms with Crippen LogP contribution in [0.1, 0.15) is 67.8 Å². The average Bonchev–Trinajstić information content (AvgIpc) is 3.25. The fourth-order valence-corrected chi connectivity index (χ4v) is 5.94. The number of rotatable bonds is 5. The summed E-state index contributed by atoms with van der Waals surface area (Å²) < 4.78 is 0. The predicted octanol–water partition coefficient (Wildman–Crippen LogP) is 4.92. The third kappa shape index (κ3) is 4.55. The van der Waals surface area contributed by atoms with Crippen LogP contribution in [-0.4, -0.2) is 33.5 Å². The number of carbonyl (C=O) groups is 1. The van der Waals surface area contributed by atoms with E-state index < -0.39 is 12.1 Å². The number of hydrogen-bond donors (Lipinski definition) is 3. The standard InChI is InChI=1S/C26H34O4/c1-16-5-7-18(8-6-16)24(27)12-11-22-21-10-9-19(23(21)15-25(22)28)13-17-3-2-4-20(14-17)26(29)30/h2-4,11-14,16,18,21-25,27-28H,5-10,15H2,1H3,(H,29,30)/b12-11+,19-13?/t16?,18?,21-,22+,23-,24+,25+/m0/s1. The molecule has 0 unspecified atom stereocenters. The molecule has 0 saturated heterocycles. The van der Waals surface area contributed by atoms with Gasteiger partial charge >= 0.3 is 5.97 Å². The first-order valence-electron chi connectivity index (χ1n) is 11.5. The second kappa shape index (κ2) is 9.07. The van der Waals surface area contributed by atoms with Crippen LogP contribution in [-0.2, 0) is 0 Å². The first-order valence-corrected chi connectivity index (χ1v) is 11.5. The topological polar surface area (TPSA) is 77.8 Å². The summed E-state index contributed by atoms with van der Waals surface area (Å²) in [6, 6.07) is 7.05. The van der Waals surface area contributed by atoms with Gasteiger partial charge in [0.2, 0.25) is 0 Å².